The van der Waals surface area contributed by atoms with Gasteiger partial charge in [-0.15, -0.1) is 0 Å². The van der Waals surface area contributed by atoms with Crippen LogP contribution in [0.3, 0.4) is 0 Å². The fraction of sp³-hybridized carbons (Fsp3) is 0.467. The van der Waals surface area contributed by atoms with Gasteiger partial charge in [-0.3, -0.25) is 0 Å². The van der Waals surface area contributed by atoms with Gasteiger partial charge in [0.25, 0.3) is 0 Å². The molecule has 0 amide bonds. The zero-order valence-corrected chi connectivity index (χ0v) is 12.7. The van der Waals surface area contributed by atoms with Gasteiger partial charge in [-0.1, -0.05) is 18.8 Å². The normalized spacial score (nSPS) is 21.9. The van der Waals surface area contributed by atoms with E-state index in [1.54, 1.807) is 0 Å². The quantitative estimate of drug-likeness (QED) is 0.833. The molecule has 1 fully saturated rings. The molecule has 2 rings (SSSR count). The molecule has 3 N–H and O–H groups in total. The van der Waals surface area contributed by atoms with E-state index in [1.165, 1.54) is 12.1 Å². The van der Waals surface area contributed by atoms with Gasteiger partial charge in [-0.2, -0.15) is 0 Å². The zero-order chi connectivity index (χ0) is 15.5. The van der Waals surface area contributed by atoms with Crippen LogP contribution in [0.5, 0.6) is 0 Å². The predicted octanol–water partition coefficient (Wildman–Crippen LogP) is 1.60. The van der Waals surface area contributed by atoms with Gasteiger partial charge in [-0.05, 0) is 43.4 Å². The van der Waals surface area contributed by atoms with Crippen LogP contribution < -0.4 is 10.5 Å². The van der Waals surface area contributed by atoms with Gasteiger partial charge in [0.05, 0.1) is 6.54 Å². The molecule has 0 saturated heterocycles. The number of sulfonamides is 1. The molecule has 1 aromatic rings. The molecule has 1 aliphatic rings. The Labute approximate surface area is 125 Å². The molecule has 0 heterocycles. The number of benzene rings is 1. The van der Waals surface area contributed by atoms with Crippen molar-refractivity contribution < 1.29 is 12.8 Å². The lowest BCUT2D eigenvalue weighted by Crippen LogP contribution is -2.33. The zero-order valence-electron chi connectivity index (χ0n) is 11.9. The molecular weight excluding hydrogens is 291 g/mol. The Morgan fingerprint density at radius 3 is 2.76 bits per heavy atom. The minimum atomic E-state index is -3.83. The van der Waals surface area contributed by atoms with Crippen molar-refractivity contribution in [2.24, 2.45) is 11.7 Å². The van der Waals surface area contributed by atoms with Gasteiger partial charge in [-0.25, -0.2) is 17.5 Å². The molecular formula is C15H19FN2O2S. The first-order chi connectivity index (χ1) is 9.92. The molecule has 21 heavy (non-hydrogen) atoms. The van der Waals surface area contributed by atoms with Gasteiger partial charge in [0, 0.05) is 11.6 Å². The van der Waals surface area contributed by atoms with E-state index in [4.69, 9.17) is 5.73 Å². The first-order valence-electron chi connectivity index (χ1n) is 6.93. The highest BCUT2D eigenvalue weighted by Crippen LogP contribution is 2.26. The summed E-state index contributed by atoms with van der Waals surface area (Å²) in [5.41, 5.74) is 5.65. The topological polar surface area (TPSA) is 72.2 Å². The summed E-state index contributed by atoms with van der Waals surface area (Å²) in [6.07, 6.45) is 2.58. The summed E-state index contributed by atoms with van der Waals surface area (Å²) in [5, 5.41) is 0. The lowest BCUT2D eigenvalue weighted by Gasteiger charge is -2.13. The first-order valence-corrected chi connectivity index (χ1v) is 8.41. The summed E-state index contributed by atoms with van der Waals surface area (Å²) in [7, 11) is -3.83. The van der Waals surface area contributed by atoms with E-state index in [9.17, 15) is 12.8 Å². The second-order valence-electron chi connectivity index (χ2n) is 5.39. The monoisotopic (exact) mass is 310 g/mol. The average Bonchev–Trinajstić information content (AvgIpc) is 2.80. The lowest BCUT2D eigenvalue weighted by atomic mass is 10.1. The van der Waals surface area contributed by atoms with Crippen LogP contribution in [-0.2, 0) is 10.0 Å². The van der Waals surface area contributed by atoms with Gasteiger partial charge >= 0.3 is 0 Å². The van der Waals surface area contributed by atoms with Crippen molar-refractivity contribution >= 4 is 10.0 Å². The molecule has 2 atom stereocenters. The minimum Gasteiger partial charge on any atom is -0.320 e. The third kappa shape index (κ3) is 4.03. The second kappa shape index (κ2) is 6.56. The van der Waals surface area contributed by atoms with Crippen LogP contribution in [0.1, 0.15) is 31.7 Å². The molecule has 0 radical (unpaired) electrons. The maximum absolute atomic E-state index is 14.0. The second-order valence-corrected chi connectivity index (χ2v) is 7.07. The van der Waals surface area contributed by atoms with Gasteiger partial charge < -0.3 is 5.73 Å². The van der Waals surface area contributed by atoms with E-state index in [0.29, 0.717) is 11.5 Å². The summed E-state index contributed by atoms with van der Waals surface area (Å²) >= 11 is 0. The number of hydrogen-bond acceptors (Lipinski definition) is 3. The van der Waals surface area contributed by atoms with E-state index < -0.39 is 15.8 Å². The van der Waals surface area contributed by atoms with Crippen LogP contribution in [0, 0.1) is 23.6 Å². The molecule has 2 unspecified atom stereocenters. The van der Waals surface area contributed by atoms with Crippen molar-refractivity contribution in [1.82, 2.24) is 4.72 Å². The van der Waals surface area contributed by atoms with Crippen molar-refractivity contribution in [3.63, 3.8) is 0 Å². The summed E-state index contributed by atoms with van der Waals surface area (Å²) in [4.78, 5) is -0.333. The molecule has 1 saturated carbocycles. The number of nitrogens with two attached hydrogens (primary N) is 1. The average molecular weight is 310 g/mol. The highest BCUT2D eigenvalue weighted by atomic mass is 32.2. The van der Waals surface area contributed by atoms with Crippen LogP contribution in [-0.4, -0.2) is 21.0 Å². The van der Waals surface area contributed by atoms with E-state index in [1.807, 2.05) is 0 Å². The number of nitrogens with one attached hydrogen (secondary N) is 1. The molecule has 4 nitrogen and oxygen atoms in total. The number of rotatable bonds is 3. The summed E-state index contributed by atoms with van der Waals surface area (Å²) in [6, 6.07) is 3.74. The van der Waals surface area contributed by atoms with Crippen molar-refractivity contribution in [2.75, 3.05) is 6.54 Å². The maximum atomic E-state index is 14.0. The SMILES string of the molecule is CC1CCC(NS(=O)(=O)c2ccc(C#CCN)cc2F)C1. The molecule has 6 heteroatoms. The van der Waals surface area contributed by atoms with E-state index in [-0.39, 0.29) is 17.5 Å². The summed E-state index contributed by atoms with van der Waals surface area (Å²) in [6.45, 7) is 2.25. The molecule has 0 bridgehead atoms. The third-order valence-electron chi connectivity index (χ3n) is 3.57. The standard InChI is InChI=1S/C15H19FN2O2S/c1-11-4-6-13(9-11)18-21(19,20)15-7-5-12(3-2-8-17)10-14(15)16/h5,7,10-11,13,18H,4,6,8-9,17H2,1H3. The maximum Gasteiger partial charge on any atom is 0.243 e. The Balaban J connectivity index is 2.20. The lowest BCUT2D eigenvalue weighted by molar-refractivity contribution is 0.527. The highest BCUT2D eigenvalue weighted by Gasteiger charge is 2.28. The van der Waals surface area contributed by atoms with Gasteiger partial charge in [0.1, 0.15) is 10.7 Å². The summed E-state index contributed by atoms with van der Waals surface area (Å²) < 4.78 is 41.1. The first kappa shape index (κ1) is 16.0. The van der Waals surface area contributed by atoms with Crippen molar-refractivity contribution in [3.8, 4) is 11.8 Å². The molecule has 1 aliphatic carbocycles. The third-order valence-corrected chi connectivity index (χ3v) is 5.13. The Kier molecular flexibility index (Phi) is 4.99. The molecule has 0 spiro atoms. The molecule has 0 aromatic heterocycles. The molecule has 0 aliphatic heterocycles. The van der Waals surface area contributed by atoms with E-state index in [2.05, 4.69) is 23.5 Å². The van der Waals surface area contributed by atoms with Crippen LogP contribution in [0.25, 0.3) is 0 Å². The van der Waals surface area contributed by atoms with E-state index >= 15 is 0 Å². The van der Waals surface area contributed by atoms with Crippen LogP contribution >= 0.6 is 0 Å². The predicted molar refractivity (Wildman–Crippen MR) is 79.5 cm³/mol. The number of halogens is 1. The molecule has 114 valence electrons. The van der Waals surface area contributed by atoms with Gasteiger partial charge in [0.15, 0.2) is 0 Å². The molecule has 1 aromatic carbocycles. The number of hydrogen-bond donors (Lipinski definition) is 2. The highest BCUT2D eigenvalue weighted by molar-refractivity contribution is 7.89. The Morgan fingerprint density at radius 1 is 1.43 bits per heavy atom. The van der Waals surface area contributed by atoms with Crippen LogP contribution in [0.15, 0.2) is 23.1 Å². The van der Waals surface area contributed by atoms with Crippen LogP contribution in [0.4, 0.5) is 4.39 Å². The van der Waals surface area contributed by atoms with Gasteiger partial charge in [0.2, 0.25) is 10.0 Å². The Bertz CT molecular complexity index is 677. The Hall–Kier alpha value is -1.42. The van der Waals surface area contributed by atoms with Crippen molar-refractivity contribution in [1.29, 1.82) is 0 Å². The minimum absolute atomic E-state index is 0.110. The van der Waals surface area contributed by atoms with Crippen molar-refractivity contribution in [2.45, 2.75) is 37.1 Å². The van der Waals surface area contributed by atoms with E-state index in [0.717, 1.165) is 25.3 Å². The van der Waals surface area contributed by atoms with Crippen LogP contribution in [0.2, 0.25) is 0 Å². The largest absolute Gasteiger partial charge is 0.320 e. The smallest absolute Gasteiger partial charge is 0.243 e. The van der Waals surface area contributed by atoms with Crippen molar-refractivity contribution in [3.05, 3.63) is 29.6 Å². The fourth-order valence-corrected chi connectivity index (χ4v) is 3.89. The Morgan fingerprint density at radius 2 is 2.19 bits per heavy atom. The fourth-order valence-electron chi connectivity index (χ4n) is 2.55. The summed E-state index contributed by atoms with van der Waals surface area (Å²) in [5.74, 6) is 4.97.